The first-order valence-corrected chi connectivity index (χ1v) is 26.2. The van der Waals surface area contributed by atoms with Crippen molar-refractivity contribution in [2.45, 2.75) is 111 Å². The number of fused-ring (bicyclic) bond motifs is 6. The number of anilines is 1. The minimum Gasteiger partial charge on any atom is -0.464 e. The van der Waals surface area contributed by atoms with Crippen molar-refractivity contribution < 1.29 is 33.3 Å². The quantitative estimate of drug-likeness (QED) is 0.119. The Bertz CT molecular complexity index is 2700. The van der Waals surface area contributed by atoms with Crippen molar-refractivity contribution in [2.75, 3.05) is 71.6 Å². The number of carbonyl (C=O) groups is 3. The van der Waals surface area contributed by atoms with E-state index in [0.29, 0.717) is 55.5 Å². The molecule has 6 bridgehead atoms. The fourth-order valence-electron chi connectivity index (χ4n) is 10.5. The standard InChI is InChI=1S/C53H70N10O7S/c1-10-68-47-45(58-49(64)43-32(4)42(43)48-54-16-12-17-55-48)51(65)63-18-11-13-39(59-63)52(66)70-30-53(6,7)27-38-36-25-34(40-29-71-50(47)57-40)14-15-41(36)62(23-24-69-31(2)3)46(38)37-26-35(28-56-44(37)33(5)67-9)61-21-19-60(8)20-22-61/h12,14-17,25-26,28-29,31-33,39,42-43,45,47,59H,10-11,13,18-24,27,30H2,1-9H3,(H,58,64)/t32-,33+,39+,42+,43+,45+,47+/m1/s1. The van der Waals surface area contributed by atoms with Gasteiger partial charge in [0.15, 0.2) is 0 Å². The van der Waals surface area contributed by atoms with Crippen LogP contribution in [0.3, 0.4) is 0 Å². The third kappa shape index (κ3) is 10.7. The number of nitrogens with zero attached hydrogens (tertiary/aromatic N) is 8. The predicted octanol–water partition coefficient (Wildman–Crippen LogP) is 6.73. The second-order valence-corrected chi connectivity index (χ2v) is 21.5. The lowest BCUT2D eigenvalue weighted by Crippen LogP contribution is -2.61. The summed E-state index contributed by atoms with van der Waals surface area (Å²) in [4.78, 5) is 67.5. The maximum atomic E-state index is 14.9. The Morgan fingerprint density at radius 3 is 2.56 bits per heavy atom. The summed E-state index contributed by atoms with van der Waals surface area (Å²) in [5.41, 5.74) is 10.2. The molecule has 18 heteroatoms. The third-order valence-electron chi connectivity index (χ3n) is 14.5. The van der Waals surface area contributed by atoms with Crippen LogP contribution in [0.15, 0.2) is 54.3 Å². The van der Waals surface area contributed by atoms with Crippen LogP contribution in [0, 0.1) is 17.3 Å². The molecule has 7 atom stereocenters. The number of amides is 2. The van der Waals surface area contributed by atoms with Crippen LogP contribution in [0.1, 0.15) is 102 Å². The first-order chi connectivity index (χ1) is 34.2. The van der Waals surface area contributed by atoms with Gasteiger partial charge in [0.1, 0.15) is 29.0 Å². The van der Waals surface area contributed by atoms with Gasteiger partial charge in [-0.15, -0.1) is 11.3 Å². The van der Waals surface area contributed by atoms with E-state index in [0.717, 1.165) is 70.8 Å². The van der Waals surface area contributed by atoms with Crippen molar-refractivity contribution in [1.82, 2.24) is 45.2 Å². The highest BCUT2D eigenvalue weighted by Gasteiger charge is 2.55. The minimum absolute atomic E-state index is 0.0358. The zero-order valence-corrected chi connectivity index (χ0v) is 43.5. The number of cyclic esters (lactones) is 1. The Labute approximate surface area is 421 Å². The van der Waals surface area contributed by atoms with Gasteiger partial charge in [-0.3, -0.25) is 24.4 Å². The number of rotatable bonds is 13. The smallest absolute Gasteiger partial charge is 0.324 e. The van der Waals surface area contributed by atoms with Crippen LogP contribution >= 0.6 is 11.3 Å². The number of carbonyl (C=O) groups excluding carboxylic acids is 3. The molecule has 0 spiro atoms. The number of thiazole rings is 1. The minimum atomic E-state index is -1.18. The van der Waals surface area contributed by atoms with Crippen molar-refractivity contribution in [3.63, 3.8) is 0 Å². The number of aromatic nitrogens is 5. The average Bonchev–Trinajstić information content (AvgIpc) is 3.65. The molecule has 9 rings (SSSR count). The molecule has 71 heavy (non-hydrogen) atoms. The summed E-state index contributed by atoms with van der Waals surface area (Å²) in [6.07, 6.45) is 5.66. The van der Waals surface area contributed by atoms with E-state index in [2.05, 4.69) is 80.2 Å². The molecule has 1 saturated carbocycles. The first-order valence-electron chi connectivity index (χ1n) is 25.3. The van der Waals surface area contributed by atoms with E-state index >= 15 is 0 Å². The zero-order valence-electron chi connectivity index (χ0n) is 42.6. The van der Waals surface area contributed by atoms with Crippen LogP contribution in [0.2, 0.25) is 0 Å². The number of ether oxygens (including phenoxy) is 4. The van der Waals surface area contributed by atoms with Gasteiger partial charge in [-0.2, -0.15) is 0 Å². The van der Waals surface area contributed by atoms with Crippen molar-refractivity contribution in [3.8, 4) is 22.5 Å². The van der Waals surface area contributed by atoms with E-state index in [-0.39, 0.29) is 43.2 Å². The molecule has 380 valence electrons. The molecule has 4 aliphatic rings. The monoisotopic (exact) mass is 991 g/mol. The molecule has 4 aromatic heterocycles. The summed E-state index contributed by atoms with van der Waals surface area (Å²) in [5, 5.41) is 8.13. The number of piperazine rings is 1. The van der Waals surface area contributed by atoms with E-state index in [9.17, 15) is 14.4 Å². The zero-order chi connectivity index (χ0) is 50.1. The fourth-order valence-corrected chi connectivity index (χ4v) is 11.4. The van der Waals surface area contributed by atoms with Crippen LogP contribution in [-0.4, -0.2) is 137 Å². The molecule has 2 saturated heterocycles. The summed E-state index contributed by atoms with van der Waals surface area (Å²) in [6.45, 7) is 19.7. The SMILES string of the molecule is CCO[C@@H]1c2nc(cs2)-c2ccc3c(c2)c(c(-c2cc(N4CCN(C)CC4)cnc2[C@H](C)OC)n3CCOC(C)C)CC(C)(C)COC(=O)[C@@H]2CCCN(N2)C(=O)[C@H]1NC(=O)[C@H]1[C@H](C)[C@@H]1c1ncccn1. The second-order valence-electron chi connectivity index (χ2n) is 20.6. The van der Waals surface area contributed by atoms with Crippen LogP contribution in [0.4, 0.5) is 5.69 Å². The number of benzene rings is 1. The van der Waals surface area contributed by atoms with Crippen molar-refractivity contribution in [3.05, 3.63) is 76.4 Å². The first kappa shape index (κ1) is 50.6. The van der Waals surface area contributed by atoms with E-state index in [1.807, 2.05) is 46.2 Å². The molecule has 17 nitrogen and oxygen atoms in total. The molecule has 3 fully saturated rings. The van der Waals surface area contributed by atoms with Gasteiger partial charge in [-0.1, -0.05) is 26.8 Å². The lowest BCUT2D eigenvalue weighted by atomic mass is 9.84. The Morgan fingerprint density at radius 1 is 1.06 bits per heavy atom. The molecule has 1 aliphatic carbocycles. The lowest BCUT2D eigenvalue weighted by Gasteiger charge is -2.37. The molecular weight excluding hydrogens is 921 g/mol. The molecule has 2 N–H and O–H groups in total. The Balaban J connectivity index is 1.19. The largest absolute Gasteiger partial charge is 0.464 e. The Hall–Kier alpha value is -5.37. The normalized spacial score (nSPS) is 24.5. The highest BCUT2D eigenvalue weighted by molar-refractivity contribution is 7.10. The number of nitrogens with one attached hydrogen (secondary N) is 2. The van der Waals surface area contributed by atoms with Gasteiger partial charge >= 0.3 is 5.97 Å². The number of likely N-dealkylation sites (N-methyl/N-ethyl adjacent to an activating group) is 1. The van der Waals surface area contributed by atoms with Crippen molar-refractivity contribution in [1.29, 1.82) is 0 Å². The maximum absolute atomic E-state index is 14.9. The summed E-state index contributed by atoms with van der Waals surface area (Å²) >= 11 is 1.39. The number of pyridine rings is 1. The van der Waals surface area contributed by atoms with Crippen molar-refractivity contribution >= 4 is 45.7 Å². The van der Waals surface area contributed by atoms with Gasteiger partial charge in [0.2, 0.25) is 5.91 Å². The molecule has 7 heterocycles. The van der Waals surface area contributed by atoms with Gasteiger partial charge in [-0.05, 0) is 89.8 Å². The summed E-state index contributed by atoms with van der Waals surface area (Å²) in [7, 11) is 3.88. The van der Waals surface area contributed by atoms with Crippen LogP contribution < -0.4 is 15.6 Å². The van der Waals surface area contributed by atoms with E-state index < -0.39 is 41.4 Å². The van der Waals surface area contributed by atoms with Gasteiger partial charge in [0, 0.05) is 104 Å². The predicted molar refractivity (Wildman–Crippen MR) is 273 cm³/mol. The molecule has 1 aromatic carbocycles. The Morgan fingerprint density at radius 2 is 1.83 bits per heavy atom. The maximum Gasteiger partial charge on any atom is 0.324 e. The van der Waals surface area contributed by atoms with Crippen LogP contribution in [0.25, 0.3) is 33.4 Å². The Kier molecular flexibility index (Phi) is 15.2. The fraction of sp³-hybridized carbons (Fsp3) is 0.566. The molecule has 5 aromatic rings. The van der Waals surface area contributed by atoms with Gasteiger partial charge in [0.05, 0.1) is 60.3 Å². The second kappa shape index (κ2) is 21.4. The summed E-state index contributed by atoms with van der Waals surface area (Å²) in [6, 6.07) is 8.52. The van der Waals surface area contributed by atoms with E-state index in [1.165, 1.54) is 16.3 Å². The van der Waals surface area contributed by atoms with E-state index in [4.69, 9.17) is 28.9 Å². The van der Waals surface area contributed by atoms with Gasteiger partial charge < -0.3 is 38.6 Å². The summed E-state index contributed by atoms with van der Waals surface area (Å²) in [5.74, 6) is -1.25. The van der Waals surface area contributed by atoms with Crippen molar-refractivity contribution in [2.24, 2.45) is 17.3 Å². The van der Waals surface area contributed by atoms with Gasteiger partial charge in [-0.25, -0.2) is 20.4 Å². The highest BCUT2D eigenvalue weighted by atomic mass is 32.1. The molecule has 3 aliphatic heterocycles. The molecule has 0 radical (unpaired) electrons. The average molecular weight is 991 g/mol. The van der Waals surface area contributed by atoms with Gasteiger partial charge in [0.25, 0.3) is 5.91 Å². The third-order valence-corrected chi connectivity index (χ3v) is 15.4. The molecular formula is C53H70N10O7S. The number of hydrogen-bond acceptors (Lipinski definition) is 15. The summed E-state index contributed by atoms with van der Waals surface area (Å²) < 4.78 is 27.4. The van der Waals surface area contributed by atoms with E-state index in [1.54, 1.807) is 25.6 Å². The molecule has 0 unspecified atom stereocenters. The van der Waals surface area contributed by atoms with Crippen LogP contribution in [-0.2, 0) is 46.3 Å². The van der Waals surface area contributed by atoms with Crippen LogP contribution in [0.5, 0.6) is 0 Å². The topological polar surface area (TPSA) is 178 Å². The number of esters is 1. The lowest BCUT2D eigenvalue weighted by molar-refractivity contribution is -0.156. The number of methoxy groups -OCH3 is 1. The molecule has 2 amide bonds. The number of hydrazine groups is 1. The number of hydrogen-bond donors (Lipinski definition) is 2. The highest BCUT2D eigenvalue weighted by Crippen LogP contribution is 2.53.